The molecular formula is C14H20N4O2. The molecule has 1 saturated heterocycles. The highest BCUT2D eigenvalue weighted by molar-refractivity contribution is 5.92. The third-order valence-corrected chi connectivity index (χ3v) is 3.91. The first-order valence-electron chi connectivity index (χ1n) is 7.35. The maximum absolute atomic E-state index is 11.9. The Labute approximate surface area is 117 Å². The van der Waals surface area contributed by atoms with Crippen LogP contribution in [0.3, 0.4) is 0 Å². The summed E-state index contributed by atoms with van der Waals surface area (Å²) in [5.74, 6) is 0.670. The van der Waals surface area contributed by atoms with Crippen LogP contribution in [0, 0.1) is 0 Å². The highest BCUT2D eigenvalue weighted by atomic mass is 16.2. The number of aromatic nitrogens is 2. The molecular weight excluding hydrogens is 256 g/mol. The lowest BCUT2D eigenvalue weighted by Crippen LogP contribution is -2.30. The van der Waals surface area contributed by atoms with Gasteiger partial charge in [-0.15, -0.1) is 0 Å². The van der Waals surface area contributed by atoms with Crippen LogP contribution in [-0.4, -0.2) is 46.5 Å². The predicted octanol–water partition coefficient (Wildman–Crippen LogP) is 1.03. The Morgan fingerprint density at radius 3 is 3.05 bits per heavy atom. The van der Waals surface area contributed by atoms with Gasteiger partial charge in [-0.25, -0.2) is 0 Å². The molecule has 2 N–H and O–H groups in total. The topological polar surface area (TPSA) is 78.1 Å². The first-order valence-corrected chi connectivity index (χ1v) is 7.35. The highest BCUT2D eigenvalue weighted by Gasteiger charge is 2.26. The molecule has 0 bridgehead atoms. The Morgan fingerprint density at radius 2 is 2.35 bits per heavy atom. The van der Waals surface area contributed by atoms with Crippen molar-refractivity contribution < 1.29 is 9.59 Å². The standard InChI is InChI=1S/C14H20N4O2/c19-13-3-1-7-18(13)8-2-6-15-14(20)12-9-11(16-17-12)10-4-5-10/h9-10H,1-8H2,(H,15,20)(H,16,17). The number of likely N-dealkylation sites (tertiary alicyclic amines) is 1. The number of hydrogen-bond donors (Lipinski definition) is 2. The van der Waals surface area contributed by atoms with E-state index in [0.29, 0.717) is 24.6 Å². The van der Waals surface area contributed by atoms with Crippen LogP contribution in [-0.2, 0) is 4.79 Å². The lowest BCUT2D eigenvalue weighted by Gasteiger charge is -2.14. The quantitative estimate of drug-likeness (QED) is 0.762. The summed E-state index contributed by atoms with van der Waals surface area (Å²) in [6.45, 7) is 2.16. The first-order chi connectivity index (χ1) is 9.74. The van der Waals surface area contributed by atoms with Crippen molar-refractivity contribution in [3.8, 4) is 0 Å². The van der Waals surface area contributed by atoms with Gasteiger partial charge < -0.3 is 10.2 Å². The Kier molecular flexibility index (Phi) is 3.71. The van der Waals surface area contributed by atoms with E-state index in [0.717, 1.165) is 31.6 Å². The molecule has 0 atom stereocenters. The molecule has 0 spiro atoms. The number of amides is 2. The lowest BCUT2D eigenvalue weighted by molar-refractivity contribution is -0.127. The summed E-state index contributed by atoms with van der Waals surface area (Å²) in [5.41, 5.74) is 1.53. The molecule has 2 heterocycles. The largest absolute Gasteiger partial charge is 0.351 e. The average Bonchev–Trinajstić information content (AvgIpc) is 3.03. The van der Waals surface area contributed by atoms with E-state index >= 15 is 0 Å². The monoisotopic (exact) mass is 276 g/mol. The zero-order chi connectivity index (χ0) is 13.9. The van der Waals surface area contributed by atoms with E-state index in [9.17, 15) is 9.59 Å². The smallest absolute Gasteiger partial charge is 0.271 e. The summed E-state index contributed by atoms with van der Waals surface area (Å²) in [6.07, 6.45) is 4.80. The molecule has 20 heavy (non-hydrogen) atoms. The van der Waals surface area contributed by atoms with Gasteiger partial charge in [0.2, 0.25) is 5.91 Å². The van der Waals surface area contributed by atoms with Gasteiger partial charge in [-0.05, 0) is 31.7 Å². The van der Waals surface area contributed by atoms with E-state index < -0.39 is 0 Å². The number of carbonyl (C=O) groups excluding carboxylic acids is 2. The van der Waals surface area contributed by atoms with Gasteiger partial charge in [0.15, 0.2) is 0 Å². The Balaban J connectivity index is 1.39. The maximum atomic E-state index is 11.9. The number of hydrogen-bond acceptors (Lipinski definition) is 3. The molecule has 2 fully saturated rings. The highest BCUT2D eigenvalue weighted by Crippen LogP contribution is 2.38. The normalized spacial score (nSPS) is 18.6. The fourth-order valence-corrected chi connectivity index (χ4v) is 2.56. The second-order valence-corrected chi connectivity index (χ2v) is 5.58. The van der Waals surface area contributed by atoms with Gasteiger partial charge in [-0.3, -0.25) is 14.7 Å². The van der Waals surface area contributed by atoms with Crippen LogP contribution in [0.4, 0.5) is 0 Å². The average molecular weight is 276 g/mol. The molecule has 108 valence electrons. The van der Waals surface area contributed by atoms with Crippen LogP contribution in [0.5, 0.6) is 0 Å². The molecule has 1 aromatic heterocycles. The van der Waals surface area contributed by atoms with Crippen molar-refractivity contribution in [2.45, 2.75) is 38.0 Å². The fourth-order valence-electron chi connectivity index (χ4n) is 2.56. The van der Waals surface area contributed by atoms with Gasteiger partial charge in [0.1, 0.15) is 5.69 Å². The third kappa shape index (κ3) is 3.00. The van der Waals surface area contributed by atoms with Crippen molar-refractivity contribution in [1.82, 2.24) is 20.4 Å². The summed E-state index contributed by atoms with van der Waals surface area (Å²) < 4.78 is 0. The molecule has 0 aromatic carbocycles. The van der Waals surface area contributed by atoms with Crippen LogP contribution in [0.1, 0.15) is 54.2 Å². The van der Waals surface area contributed by atoms with E-state index in [-0.39, 0.29) is 11.8 Å². The molecule has 6 heteroatoms. The lowest BCUT2D eigenvalue weighted by atomic mass is 10.2. The number of nitrogens with one attached hydrogen (secondary N) is 2. The second kappa shape index (κ2) is 5.64. The van der Waals surface area contributed by atoms with E-state index in [1.165, 1.54) is 12.8 Å². The third-order valence-electron chi connectivity index (χ3n) is 3.91. The Morgan fingerprint density at radius 1 is 1.50 bits per heavy atom. The van der Waals surface area contributed by atoms with Gasteiger partial charge in [-0.1, -0.05) is 0 Å². The van der Waals surface area contributed by atoms with Crippen molar-refractivity contribution in [2.75, 3.05) is 19.6 Å². The molecule has 0 radical (unpaired) electrons. The van der Waals surface area contributed by atoms with Gasteiger partial charge in [0.25, 0.3) is 5.91 Å². The molecule has 2 aliphatic rings. The minimum atomic E-state index is -0.138. The molecule has 6 nitrogen and oxygen atoms in total. The summed E-state index contributed by atoms with van der Waals surface area (Å²) in [6, 6.07) is 1.84. The Hall–Kier alpha value is -1.85. The van der Waals surface area contributed by atoms with Crippen LogP contribution >= 0.6 is 0 Å². The van der Waals surface area contributed by atoms with Crippen molar-refractivity contribution >= 4 is 11.8 Å². The molecule has 1 aromatic rings. The van der Waals surface area contributed by atoms with Crippen molar-refractivity contribution in [2.24, 2.45) is 0 Å². The molecule has 3 rings (SSSR count). The fraction of sp³-hybridized carbons (Fsp3) is 0.643. The zero-order valence-electron chi connectivity index (χ0n) is 11.5. The van der Waals surface area contributed by atoms with Gasteiger partial charge in [0.05, 0.1) is 0 Å². The predicted molar refractivity (Wildman–Crippen MR) is 73.3 cm³/mol. The summed E-state index contributed by atoms with van der Waals surface area (Å²) in [5, 5.41) is 9.82. The van der Waals surface area contributed by atoms with E-state index in [1.807, 2.05) is 11.0 Å². The number of aromatic amines is 1. The number of H-pyrrole nitrogens is 1. The SMILES string of the molecule is O=C(NCCCN1CCCC1=O)c1cc(C2CC2)[nH]n1. The summed E-state index contributed by atoms with van der Waals surface area (Å²) in [4.78, 5) is 25.2. The summed E-state index contributed by atoms with van der Waals surface area (Å²) in [7, 11) is 0. The first kappa shape index (κ1) is 13.1. The van der Waals surface area contributed by atoms with Crippen molar-refractivity contribution in [3.63, 3.8) is 0 Å². The minimum Gasteiger partial charge on any atom is -0.351 e. The zero-order valence-corrected chi connectivity index (χ0v) is 11.5. The number of rotatable bonds is 6. The van der Waals surface area contributed by atoms with Gasteiger partial charge in [-0.2, -0.15) is 5.10 Å². The van der Waals surface area contributed by atoms with E-state index in [4.69, 9.17) is 0 Å². The molecule has 0 unspecified atom stereocenters. The van der Waals surface area contributed by atoms with Gasteiger partial charge in [0, 0.05) is 37.7 Å². The molecule has 1 saturated carbocycles. The van der Waals surface area contributed by atoms with Crippen LogP contribution < -0.4 is 5.32 Å². The molecule has 1 aliphatic heterocycles. The minimum absolute atomic E-state index is 0.138. The van der Waals surface area contributed by atoms with Crippen LogP contribution in [0.25, 0.3) is 0 Å². The summed E-state index contributed by atoms with van der Waals surface area (Å²) >= 11 is 0. The number of nitrogens with zero attached hydrogens (tertiary/aromatic N) is 2. The molecule has 2 amide bonds. The maximum Gasteiger partial charge on any atom is 0.271 e. The van der Waals surface area contributed by atoms with Crippen molar-refractivity contribution in [3.05, 3.63) is 17.5 Å². The van der Waals surface area contributed by atoms with E-state index in [1.54, 1.807) is 0 Å². The number of carbonyl (C=O) groups is 2. The van der Waals surface area contributed by atoms with Crippen molar-refractivity contribution in [1.29, 1.82) is 0 Å². The Bertz CT molecular complexity index is 507. The van der Waals surface area contributed by atoms with E-state index in [2.05, 4.69) is 15.5 Å². The molecule has 1 aliphatic carbocycles. The second-order valence-electron chi connectivity index (χ2n) is 5.58. The van der Waals surface area contributed by atoms with Crippen LogP contribution in [0.2, 0.25) is 0 Å². The van der Waals surface area contributed by atoms with Gasteiger partial charge >= 0.3 is 0 Å². The van der Waals surface area contributed by atoms with Crippen LogP contribution in [0.15, 0.2) is 6.07 Å².